The van der Waals surface area contributed by atoms with Gasteiger partial charge in [0.2, 0.25) is 0 Å². The maximum absolute atomic E-state index is 13.2. The van der Waals surface area contributed by atoms with Crippen LogP contribution in [0.25, 0.3) is 5.57 Å². The summed E-state index contributed by atoms with van der Waals surface area (Å²) >= 11 is 1.33. The van der Waals surface area contributed by atoms with Crippen molar-refractivity contribution in [2.24, 2.45) is 0 Å². The standard InChI is InChI=1S/C22H26FN3O2S2/c1-3-17-14-20(16(2)24-15-17)21-8-9-22(29-21)30(27,28)26-12-10-25(11-13-26)19-6-4-18(23)5-7-19/h4-9,14,24H,3,10-13,15H2,1-2H3. The smallest absolute Gasteiger partial charge is 0.252 e. The number of benzene rings is 1. The Morgan fingerprint density at radius 1 is 1.07 bits per heavy atom. The van der Waals surface area contributed by atoms with Crippen molar-refractivity contribution in [1.29, 1.82) is 0 Å². The van der Waals surface area contributed by atoms with Gasteiger partial charge in [-0.25, -0.2) is 12.8 Å². The van der Waals surface area contributed by atoms with Crippen LogP contribution < -0.4 is 10.2 Å². The Balaban J connectivity index is 1.49. The van der Waals surface area contributed by atoms with Gasteiger partial charge in [0.05, 0.1) is 0 Å². The van der Waals surface area contributed by atoms with E-state index in [4.69, 9.17) is 0 Å². The summed E-state index contributed by atoms with van der Waals surface area (Å²) in [5.41, 5.74) is 4.37. The first kappa shape index (κ1) is 21.1. The van der Waals surface area contributed by atoms with Gasteiger partial charge in [-0.1, -0.05) is 18.6 Å². The highest BCUT2D eigenvalue weighted by atomic mass is 32.2. The van der Waals surface area contributed by atoms with Crippen LogP contribution in [0.3, 0.4) is 0 Å². The third kappa shape index (κ3) is 4.17. The van der Waals surface area contributed by atoms with Crippen LogP contribution >= 0.6 is 11.3 Å². The molecule has 1 fully saturated rings. The average molecular weight is 448 g/mol. The normalized spacial score (nSPS) is 18.4. The molecule has 2 aromatic rings. The van der Waals surface area contributed by atoms with Crippen LogP contribution in [0.1, 0.15) is 25.1 Å². The van der Waals surface area contributed by atoms with Crippen LogP contribution in [0.4, 0.5) is 10.1 Å². The predicted octanol–water partition coefficient (Wildman–Crippen LogP) is 4.07. The van der Waals surface area contributed by atoms with E-state index in [0.29, 0.717) is 30.4 Å². The molecule has 5 nitrogen and oxygen atoms in total. The lowest BCUT2D eigenvalue weighted by atomic mass is 10.0. The third-order valence-corrected chi connectivity index (χ3v) is 9.14. The van der Waals surface area contributed by atoms with Crippen LogP contribution in [-0.2, 0) is 10.0 Å². The molecule has 30 heavy (non-hydrogen) atoms. The number of halogens is 1. The van der Waals surface area contributed by atoms with Crippen molar-refractivity contribution in [3.05, 3.63) is 64.4 Å². The summed E-state index contributed by atoms with van der Waals surface area (Å²) in [4.78, 5) is 3.05. The fourth-order valence-electron chi connectivity index (χ4n) is 3.76. The molecule has 0 bridgehead atoms. The lowest BCUT2D eigenvalue weighted by Gasteiger charge is -2.35. The maximum atomic E-state index is 13.2. The molecule has 0 amide bonds. The van der Waals surface area contributed by atoms with Crippen molar-refractivity contribution in [3.63, 3.8) is 0 Å². The van der Waals surface area contributed by atoms with Crippen molar-refractivity contribution in [2.75, 3.05) is 37.6 Å². The van der Waals surface area contributed by atoms with E-state index in [1.165, 1.54) is 29.0 Å². The molecule has 0 atom stereocenters. The fraction of sp³-hybridized carbons (Fsp3) is 0.364. The minimum Gasteiger partial charge on any atom is -0.384 e. The van der Waals surface area contributed by atoms with Crippen LogP contribution in [-0.4, -0.2) is 45.4 Å². The molecule has 1 aromatic carbocycles. The van der Waals surface area contributed by atoms with E-state index in [0.717, 1.165) is 34.8 Å². The summed E-state index contributed by atoms with van der Waals surface area (Å²) in [5, 5.41) is 3.40. The Hall–Kier alpha value is -2.16. The van der Waals surface area contributed by atoms with Crippen LogP contribution in [0, 0.1) is 5.82 Å². The van der Waals surface area contributed by atoms with Gasteiger partial charge in [0.25, 0.3) is 10.0 Å². The first-order valence-electron chi connectivity index (χ1n) is 10.1. The lowest BCUT2D eigenvalue weighted by molar-refractivity contribution is 0.386. The van der Waals surface area contributed by atoms with E-state index in [1.807, 2.05) is 13.0 Å². The number of allylic oxidation sites excluding steroid dienone is 3. The van der Waals surface area contributed by atoms with Crippen molar-refractivity contribution in [2.45, 2.75) is 24.5 Å². The number of hydrogen-bond acceptors (Lipinski definition) is 5. The number of nitrogens with zero attached hydrogens (tertiary/aromatic N) is 2. The summed E-state index contributed by atoms with van der Waals surface area (Å²) in [5.74, 6) is -0.270. The predicted molar refractivity (Wildman–Crippen MR) is 121 cm³/mol. The highest BCUT2D eigenvalue weighted by Gasteiger charge is 2.30. The summed E-state index contributed by atoms with van der Waals surface area (Å²) in [6, 6.07) is 9.95. The molecule has 0 saturated carbocycles. The molecular formula is C22H26FN3O2S2. The van der Waals surface area contributed by atoms with Crippen molar-refractivity contribution in [3.8, 4) is 0 Å². The highest BCUT2D eigenvalue weighted by Crippen LogP contribution is 2.34. The first-order chi connectivity index (χ1) is 14.4. The van der Waals surface area contributed by atoms with Gasteiger partial charge in [-0.05, 0) is 49.7 Å². The SMILES string of the molecule is CCC1=CC(c2ccc(S(=O)(=O)N3CCN(c4ccc(F)cc4)CC3)s2)=C(C)NC1. The molecule has 0 spiro atoms. The van der Waals surface area contributed by atoms with E-state index in [9.17, 15) is 12.8 Å². The second-order valence-corrected chi connectivity index (χ2v) is 10.8. The van der Waals surface area contributed by atoms with E-state index >= 15 is 0 Å². The second-order valence-electron chi connectivity index (χ2n) is 7.53. The molecule has 0 aliphatic carbocycles. The van der Waals surface area contributed by atoms with Gasteiger partial charge in [0.1, 0.15) is 10.0 Å². The molecule has 2 aliphatic heterocycles. The topological polar surface area (TPSA) is 52.7 Å². The van der Waals surface area contributed by atoms with Gasteiger partial charge in [-0.2, -0.15) is 4.31 Å². The van der Waals surface area contributed by atoms with Gasteiger partial charge in [-0.3, -0.25) is 0 Å². The second kappa shape index (κ2) is 8.53. The Morgan fingerprint density at radius 2 is 1.77 bits per heavy atom. The summed E-state index contributed by atoms with van der Waals surface area (Å²) in [6.07, 6.45) is 3.15. The van der Waals surface area contributed by atoms with Crippen LogP contribution in [0.2, 0.25) is 0 Å². The van der Waals surface area contributed by atoms with E-state index < -0.39 is 10.0 Å². The van der Waals surface area contributed by atoms with E-state index in [2.05, 4.69) is 23.2 Å². The van der Waals surface area contributed by atoms with Gasteiger partial charge >= 0.3 is 0 Å². The number of dihydropyridines is 1. The molecular weight excluding hydrogens is 421 g/mol. The zero-order valence-electron chi connectivity index (χ0n) is 17.2. The molecule has 0 radical (unpaired) electrons. The minimum atomic E-state index is -3.53. The number of thiophene rings is 1. The molecule has 8 heteroatoms. The number of anilines is 1. The minimum absolute atomic E-state index is 0.270. The molecule has 160 valence electrons. The van der Waals surface area contributed by atoms with Crippen molar-refractivity contribution < 1.29 is 12.8 Å². The molecule has 2 aliphatic rings. The van der Waals surface area contributed by atoms with Crippen molar-refractivity contribution >= 4 is 32.6 Å². The highest BCUT2D eigenvalue weighted by molar-refractivity contribution is 7.91. The summed E-state index contributed by atoms with van der Waals surface area (Å²) in [7, 11) is -3.53. The first-order valence-corrected chi connectivity index (χ1v) is 12.4. The Morgan fingerprint density at radius 3 is 2.43 bits per heavy atom. The number of piperazine rings is 1. The Labute approximate surface area is 181 Å². The maximum Gasteiger partial charge on any atom is 0.252 e. The zero-order chi connectivity index (χ0) is 21.3. The zero-order valence-corrected chi connectivity index (χ0v) is 18.8. The molecule has 4 rings (SSSR count). The number of hydrogen-bond donors (Lipinski definition) is 1. The number of rotatable bonds is 5. The fourth-order valence-corrected chi connectivity index (χ4v) is 6.71. The van der Waals surface area contributed by atoms with Gasteiger partial charge in [0.15, 0.2) is 0 Å². The quantitative estimate of drug-likeness (QED) is 0.751. The van der Waals surface area contributed by atoms with E-state index in [1.54, 1.807) is 22.5 Å². The lowest BCUT2D eigenvalue weighted by Crippen LogP contribution is -2.48. The van der Waals surface area contributed by atoms with Crippen LogP contribution in [0.5, 0.6) is 0 Å². The van der Waals surface area contributed by atoms with Gasteiger partial charge in [-0.15, -0.1) is 11.3 Å². The summed E-state index contributed by atoms with van der Waals surface area (Å²) < 4.78 is 41.5. The molecule has 1 N–H and O–H groups in total. The summed E-state index contributed by atoms with van der Waals surface area (Å²) in [6.45, 7) is 7.00. The Kier molecular flexibility index (Phi) is 5.99. The largest absolute Gasteiger partial charge is 0.384 e. The Bertz CT molecular complexity index is 1080. The average Bonchev–Trinajstić information content (AvgIpc) is 3.26. The molecule has 3 heterocycles. The van der Waals surface area contributed by atoms with Gasteiger partial charge < -0.3 is 10.2 Å². The molecule has 0 unspecified atom stereocenters. The molecule has 1 saturated heterocycles. The molecule has 1 aromatic heterocycles. The van der Waals surface area contributed by atoms with Gasteiger partial charge in [0, 0.05) is 54.6 Å². The number of nitrogens with one attached hydrogen (secondary N) is 1. The van der Waals surface area contributed by atoms with Crippen molar-refractivity contribution in [1.82, 2.24) is 9.62 Å². The van der Waals surface area contributed by atoms with Crippen LogP contribution in [0.15, 0.2) is 58.0 Å². The third-order valence-electron chi connectivity index (χ3n) is 5.66. The monoisotopic (exact) mass is 447 g/mol. The van der Waals surface area contributed by atoms with E-state index in [-0.39, 0.29) is 5.82 Å². The number of sulfonamides is 1.